The molecule has 0 aliphatic carbocycles. The lowest BCUT2D eigenvalue weighted by Crippen LogP contribution is -2.32. The van der Waals surface area contributed by atoms with Crippen LogP contribution in [-0.2, 0) is 4.74 Å². The van der Waals surface area contributed by atoms with E-state index in [0.29, 0.717) is 27.8 Å². The number of nitrogens with one attached hydrogen (secondary N) is 1. The summed E-state index contributed by atoms with van der Waals surface area (Å²) in [5.41, 5.74) is 2.00. The van der Waals surface area contributed by atoms with Crippen LogP contribution >= 0.6 is 23.4 Å². The van der Waals surface area contributed by atoms with Gasteiger partial charge in [0.1, 0.15) is 18.5 Å². The molecule has 4 rings (SSSR count). The minimum Gasteiger partial charge on any atom is -0.387 e. The number of halogens is 1. The van der Waals surface area contributed by atoms with Gasteiger partial charge >= 0.3 is 0 Å². The molecular formula is C19H22ClN5O3S. The first-order chi connectivity index (χ1) is 14.0. The number of rotatable bonds is 6. The first-order valence-corrected chi connectivity index (χ1v) is 11.0. The van der Waals surface area contributed by atoms with E-state index in [-0.39, 0.29) is 6.04 Å². The van der Waals surface area contributed by atoms with Gasteiger partial charge in [-0.05, 0) is 24.8 Å². The molecule has 1 aliphatic heterocycles. The molecule has 1 unspecified atom stereocenters. The lowest BCUT2D eigenvalue weighted by molar-refractivity contribution is -0.0288. The third-order valence-corrected chi connectivity index (χ3v) is 6.03. The first-order valence-electron chi connectivity index (χ1n) is 9.20. The predicted octanol–water partition coefficient (Wildman–Crippen LogP) is 2.64. The number of ether oxygens (including phenoxy) is 1. The van der Waals surface area contributed by atoms with Crippen molar-refractivity contribution in [3.63, 3.8) is 0 Å². The highest BCUT2D eigenvalue weighted by Gasteiger charge is 2.44. The van der Waals surface area contributed by atoms with Crippen LogP contribution in [-0.4, -0.2) is 60.1 Å². The summed E-state index contributed by atoms with van der Waals surface area (Å²) < 4.78 is 7.52. The molecule has 154 valence electrons. The molecule has 0 amide bonds. The molecule has 0 radical (unpaired) electrons. The van der Waals surface area contributed by atoms with Gasteiger partial charge in [-0.1, -0.05) is 29.8 Å². The van der Waals surface area contributed by atoms with Gasteiger partial charge in [-0.2, -0.15) is 11.8 Å². The minimum absolute atomic E-state index is 0.104. The molecule has 1 aliphatic rings. The molecule has 1 saturated heterocycles. The quantitative estimate of drug-likeness (QED) is 0.542. The van der Waals surface area contributed by atoms with Crippen LogP contribution in [0.5, 0.6) is 0 Å². The molecule has 1 aromatic carbocycles. The Morgan fingerprint density at radius 2 is 2.03 bits per heavy atom. The third kappa shape index (κ3) is 3.80. The van der Waals surface area contributed by atoms with E-state index in [1.807, 2.05) is 37.4 Å². The normalized spacial score (nSPS) is 25.4. The smallest absolute Gasteiger partial charge is 0.167 e. The zero-order valence-corrected chi connectivity index (χ0v) is 17.5. The van der Waals surface area contributed by atoms with Crippen molar-refractivity contribution in [2.45, 2.75) is 37.5 Å². The van der Waals surface area contributed by atoms with E-state index in [1.54, 1.807) is 22.7 Å². The summed E-state index contributed by atoms with van der Waals surface area (Å²) in [4.78, 5) is 13.1. The maximum Gasteiger partial charge on any atom is 0.167 e. The van der Waals surface area contributed by atoms with Crippen molar-refractivity contribution in [3.8, 4) is 0 Å². The van der Waals surface area contributed by atoms with Crippen LogP contribution in [0, 0.1) is 0 Å². The van der Waals surface area contributed by atoms with E-state index in [2.05, 4.69) is 20.3 Å². The highest BCUT2D eigenvalue weighted by molar-refractivity contribution is 7.98. The Morgan fingerprint density at radius 3 is 2.79 bits per heavy atom. The van der Waals surface area contributed by atoms with Crippen molar-refractivity contribution in [3.05, 3.63) is 47.5 Å². The molecule has 10 heteroatoms. The van der Waals surface area contributed by atoms with Gasteiger partial charge in [0.2, 0.25) is 0 Å². The molecule has 2 aromatic heterocycles. The fourth-order valence-corrected chi connectivity index (χ4v) is 4.42. The van der Waals surface area contributed by atoms with Crippen LogP contribution in [0.3, 0.4) is 0 Å². The van der Waals surface area contributed by atoms with Crippen LogP contribution < -0.4 is 5.32 Å². The largest absolute Gasteiger partial charge is 0.387 e. The number of benzene rings is 1. The van der Waals surface area contributed by atoms with E-state index in [1.165, 1.54) is 6.33 Å². The Bertz CT molecular complexity index is 1000. The van der Waals surface area contributed by atoms with Crippen LogP contribution in [0.25, 0.3) is 11.2 Å². The number of aliphatic hydroxyl groups excluding tert-OH is 2. The molecule has 3 N–H and O–H groups in total. The van der Waals surface area contributed by atoms with Crippen LogP contribution in [0.2, 0.25) is 5.02 Å². The van der Waals surface area contributed by atoms with Gasteiger partial charge in [-0.15, -0.1) is 0 Å². The Hall–Kier alpha value is -1.91. The SMILES string of the molecule is CSC[C@H]1O[C@@H](n2cnc3c(NC(C)c4ccccc4Cl)ncnc32)[C@H](O)[C@@H]1O. The van der Waals surface area contributed by atoms with Crippen molar-refractivity contribution in [1.29, 1.82) is 0 Å². The van der Waals surface area contributed by atoms with Gasteiger partial charge in [-0.25, -0.2) is 15.0 Å². The Kier molecular flexibility index (Phi) is 5.93. The standard InChI is InChI=1S/C19H22ClN5O3S/c1-10(11-5-3-4-6-12(11)20)24-17-14-18(22-8-21-17)25(9-23-14)19-16(27)15(26)13(28-19)7-29-2/h3-6,8-10,13,15-16,19,26-27H,7H2,1-2H3,(H,21,22,24)/t10?,13-,15-,16-,19-/m1/s1. The highest BCUT2D eigenvalue weighted by atomic mass is 35.5. The van der Waals surface area contributed by atoms with Crippen LogP contribution in [0.15, 0.2) is 36.9 Å². The zero-order chi connectivity index (χ0) is 20.5. The van der Waals surface area contributed by atoms with E-state index in [4.69, 9.17) is 16.3 Å². The molecule has 8 nitrogen and oxygen atoms in total. The second-order valence-corrected chi connectivity index (χ2v) is 8.25. The topological polar surface area (TPSA) is 105 Å². The number of fused-ring (bicyclic) bond motifs is 1. The number of aliphatic hydroxyl groups is 2. The van der Waals surface area contributed by atoms with E-state index < -0.39 is 24.5 Å². The van der Waals surface area contributed by atoms with E-state index in [9.17, 15) is 10.2 Å². The molecule has 3 heterocycles. The molecule has 1 fully saturated rings. The molecule has 0 spiro atoms. The summed E-state index contributed by atoms with van der Waals surface area (Å²) in [6, 6.07) is 7.50. The summed E-state index contributed by atoms with van der Waals surface area (Å²) in [5, 5.41) is 24.7. The van der Waals surface area contributed by atoms with Gasteiger partial charge in [0.15, 0.2) is 23.2 Å². The lowest BCUT2D eigenvalue weighted by Gasteiger charge is -2.18. The van der Waals surface area contributed by atoms with Crippen molar-refractivity contribution in [2.24, 2.45) is 0 Å². The summed E-state index contributed by atoms with van der Waals surface area (Å²) in [6.07, 6.45) is 1.64. The number of aromatic nitrogens is 4. The average Bonchev–Trinajstić information content (AvgIpc) is 3.26. The average molecular weight is 436 g/mol. The van der Waals surface area contributed by atoms with Gasteiger partial charge in [0.05, 0.1) is 18.5 Å². The highest BCUT2D eigenvalue weighted by Crippen LogP contribution is 2.34. The Balaban J connectivity index is 1.63. The minimum atomic E-state index is -1.07. The van der Waals surface area contributed by atoms with E-state index >= 15 is 0 Å². The van der Waals surface area contributed by atoms with Crippen molar-refractivity contribution in [2.75, 3.05) is 17.3 Å². The Morgan fingerprint density at radius 1 is 1.24 bits per heavy atom. The van der Waals surface area contributed by atoms with Crippen molar-refractivity contribution in [1.82, 2.24) is 19.5 Å². The van der Waals surface area contributed by atoms with Gasteiger partial charge < -0.3 is 20.3 Å². The lowest BCUT2D eigenvalue weighted by atomic mass is 10.1. The monoisotopic (exact) mass is 435 g/mol. The number of hydrogen-bond donors (Lipinski definition) is 3. The fraction of sp³-hybridized carbons (Fsp3) is 0.421. The van der Waals surface area contributed by atoms with Gasteiger partial charge in [-0.3, -0.25) is 4.57 Å². The number of thioether (sulfide) groups is 1. The Labute approximate surface area is 177 Å². The number of anilines is 1. The third-order valence-electron chi connectivity index (χ3n) is 5.03. The van der Waals surface area contributed by atoms with Crippen molar-refractivity contribution >= 4 is 40.3 Å². The van der Waals surface area contributed by atoms with Gasteiger partial charge in [0.25, 0.3) is 0 Å². The number of imidazole rings is 1. The first kappa shape index (κ1) is 20.4. The predicted molar refractivity (Wildman–Crippen MR) is 113 cm³/mol. The van der Waals surface area contributed by atoms with E-state index in [0.717, 1.165) is 5.56 Å². The second-order valence-electron chi connectivity index (χ2n) is 6.94. The molecule has 0 saturated carbocycles. The molecular weight excluding hydrogens is 414 g/mol. The summed E-state index contributed by atoms with van der Waals surface area (Å²) in [6.45, 7) is 1.99. The maximum atomic E-state index is 10.5. The maximum absolute atomic E-state index is 10.5. The van der Waals surface area contributed by atoms with Crippen molar-refractivity contribution < 1.29 is 14.9 Å². The van der Waals surface area contributed by atoms with Gasteiger partial charge in [0, 0.05) is 10.8 Å². The zero-order valence-electron chi connectivity index (χ0n) is 15.9. The molecule has 0 bridgehead atoms. The molecule has 5 atom stereocenters. The second kappa shape index (κ2) is 8.45. The summed E-state index contributed by atoms with van der Waals surface area (Å²) in [7, 11) is 0. The number of hydrogen-bond acceptors (Lipinski definition) is 8. The summed E-state index contributed by atoms with van der Waals surface area (Å²) in [5.74, 6) is 1.13. The summed E-state index contributed by atoms with van der Waals surface area (Å²) >= 11 is 7.85. The van der Waals surface area contributed by atoms with Crippen LogP contribution in [0.4, 0.5) is 5.82 Å². The van der Waals surface area contributed by atoms with Crippen LogP contribution in [0.1, 0.15) is 24.8 Å². The molecule has 3 aromatic rings. The molecule has 29 heavy (non-hydrogen) atoms. The fourth-order valence-electron chi connectivity index (χ4n) is 3.51. The number of nitrogens with zero attached hydrogens (tertiary/aromatic N) is 4.